The number of para-hydroxylation sites is 1. The Morgan fingerprint density at radius 2 is 1.54 bits per heavy atom. The molecule has 0 radical (unpaired) electrons. The number of amides is 2. The molecule has 0 saturated heterocycles. The van der Waals surface area contributed by atoms with Crippen molar-refractivity contribution in [3.63, 3.8) is 0 Å². The predicted octanol–water partition coefficient (Wildman–Crippen LogP) is 0.515. The Kier molecular flexibility index (Phi) is 8.05. The van der Waals surface area contributed by atoms with Crippen LogP contribution in [0.5, 0.6) is 5.75 Å². The summed E-state index contributed by atoms with van der Waals surface area (Å²) in [7, 11) is 0. The Morgan fingerprint density at radius 1 is 0.886 bits per heavy atom. The highest BCUT2D eigenvalue weighted by molar-refractivity contribution is 5.93. The van der Waals surface area contributed by atoms with E-state index in [1.165, 1.54) is 12.1 Å². The Bertz CT molecular complexity index is 1220. The van der Waals surface area contributed by atoms with Crippen LogP contribution in [0.4, 0.5) is 0 Å². The van der Waals surface area contributed by atoms with Crippen LogP contribution in [0.1, 0.15) is 17.5 Å². The van der Waals surface area contributed by atoms with Gasteiger partial charge in [0.1, 0.15) is 17.8 Å². The first-order chi connectivity index (χ1) is 16.6. The van der Waals surface area contributed by atoms with E-state index in [1.807, 2.05) is 24.3 Å². The summed E-state index contributed by atoms with van der Waals surface area (Å²) in [4.78, 5) is 51.4. The van der Waals surface area contributed by atoms with Gasteiger partial charge in [-0.3, -0.25) is 14.4 Å². The molecule has 2 aromatic carbocycles. The molecule has 0 saturated carbocycles. The van der Waals surface area contributed by atoms with Crippen LogP contribution in [0, 0.1) is 0 Å². The molecule has 3 rings (SSSR count). The second-order valence-electron chi connectivity index (χ2n) is 8.10. The average molecular weight is 482 g/mol. The molecule has 1 heterocycles. The van der Waals surface area contributed by atoms with Gasteiger partial charge in [-0.15, -0.1) is 0 Å². The maximum atomic E-state index is 13.1. The first-order valence-electron chi connectivity index (χ1n) is 10.8. The number of hydrogen-bond acceptors (Lipinski definition) is 6. The number of aliphatic carboxylic acids is 2. The van der Waals surface area contributed by atoms with Crippen molar-refractivity contribution in [2.24, 2.45) is 5.73 Å². The number of fused-ring (bicyclic) bond motifs is 1. The summed E-state index contributed by atoms with van der Waals surface area (Å²) < 4.78 is 0. The zero-order valence-electron chi connectivity index (χ0n) is 18.6. The van der Waals surface area contributed by atoms with Crippen LogP contribution in [-0.4, -0.2) is 62.2 Å². The van der Waals surface area contributed by atoms with Gasteiger partial charge in [-0.05, 0) is 29.3 Å². The quantitative estimate of drug-likeness (QED) is 0.205. The Hall–Kier alpha value is -4.38. The van der Waals surface area contributed by atoms with Crippen molar-refractivity contribution in [2.45, 2.75) is 37.4 Å². The number of carboxylic acids is 2. The van der Waals surface area contributed by atoms with E-state index in [9.17, 15) is 29.4 Å². The molecule has 3 aromatic rings. The van der Waals surface area contributed by atoms with Gasteiger partial charge in [0, 0.05) is 29.9 Å². The van der Waals surface area contributed by atoms with Crippen molar-refractivity contribution in [3.05, 3.63) is 65.9 Å². The molecule has 11 heteroatoms. The minimum atomic E-state index is -1.40. The van der Waals surface area contributed by atoms with Crippen LogP contribution >= 0.6 is 0 Å². The zero-order valence-corrected chi connectivity index (χ0v) is 18.6. The third-order valence-electron chi connectivity index (χ3n) is 5.45. The van der Waals surface area contributed by atoms with Crippen molar-refractivity contribution in [1.82, 2.24) is 15.6 Å². The van der Waals surface area contributed by atoms with Gasteiger partial charge < -0.3 is 36.7 Å². The summed E-state index contributed by atoms with van der Waals surface area (Å²) in [5.41, 5.74) is 7.70. The first-order valence-corrected chi connectivity index (χ1v) is 10.8. The van der Waals surface area contributed by atoms with Crippen molar-refractivity contribution in [3.8, 4) is 5.75 Å². The first kappa shape index (κ1) is 25.2. The lowest BCUT2D eigenvalue weighted by molar-refractivity contribution is -0.142. The number of phenols is 1. The largest absolute Gasteiger partial charge is 0.508 e. The Balaban J connectivity index is 1.79. The maximum Gasteiger partial charge on any atom is 0.326 e. The van der Waals surface area contributed by atoms with Crippen LogP contribution in [0.15, 0.2) is 54.7 Å². The highest BCUT2D eigenvalue weighted by atomic mass is 16.4. The second kappa shape index (κ2) is 11.2. The van der Waals surface area contributed by atoms with Crippen LogP contribution in [0.25, 0.3) is 10.9 Å². The van der Waals surface area contributed by atoms with Crippen LogP contribution in [-0.2, 0) is 32.0 Å². The monoisotopic (exact) mass is 482 g/mol. The highest BCUT2D eigenvalue weighted by Gasteiger charge is 2.29. The number of carbonyl (C=O) groups is 4. The lowest BCUT2D eigenvalue weighted by Crippen LogP contribution is -2.55. The maximum absolute atomic E-state index is 13.1. The number of H-pyrrole nitrogens is 1. The van der Waals surface area contributed by atoms with Crippen molar-refractivity contribution in [1.29, 1.82) is 0 Å². The molecular weight excluding hydrogens is 456 g/mol. The van der Waals surface area contributed by atoms with Crippen LogP contribution < -0.4 is 16.4 Å². The number of aromatic hydroxyl groups is 1. The standard InChI is InChI=1S/C24H26N4O7/c25-17(11-21(30)31)22(32)27-19(9-13-5-7-15(29)8-6-13)23(33)28-20(24(34)35)10-14-12-26-18-4-2-1-3-16(14)18/h1-8,12,17,19-20,26,29H,9-11,25H2,(H,27,32)(H,28,33)(H,30,31)(H,34,35)/t17-,19-,20-/m0/s1. The fourth-order valence-corrected chi connectivity index (χ4v) is 3.63. The number of phenolic OH excluding ortho intramolecular Hbond substituents is 1. The minimum Gasteiger partial charge on any atom is -0.508 e. The molecule has 8 N–H and O–H groups in total. The van der Waals surface area contributed by atoms with E-state index in [-0.39, 0.29) is 18.6 Å². The molecule has 0 bridgehead atoms. The Labute approximate surface area is 199 Å². The van der Waals surface area contributed by atoms with Gasteiger partial charge in [-0.1, -0.05) is 30.3 Å². The highest BCUT2D eigenvalue weighted by Crippen LogP contribution is 2.19. The van der Waals surface area contributed by atoms with Gasteiger partial charge in [-0.25, -0.2) is 4.79 Å². The molecule has 35 heavy (non-hydrogen) atoms. The lowest BCUT2D eigenvalue weighted by atomic mass is 10.0. The van der Waals surface area contributed by atoms with E-state index >= 15 is 0 Å². The van der Waals surface area contributed by atoms with E-state index in [4.69, 9.17) is 10.8 Å². The lowest BCUT2D eigenvalue weighted by Gasteiger charge is -2.23. The van der Waals surface area contributed by atoms with Gasteiger partial charge in [0.2, 0.25) is 11.8 Å². The SMILES string of the molecule is N[C@@H](CC(=O)O)C(=O)N[C@@H](Cc1ccc(O)cc1)C(=O)N[C@@H](Cc1c[nH]c2ccccc12)C(=O)O. The number of carbonyl (C=O) groups excluding carboxylic acids is 2. The van der Waals surface area contributed by atoms with Crippen molar-refractivity contribution in [2.75, 3.05) is 0 Å². The molecule has 0 aliphatic carbocycles. The average Bonchev–Trinajstić information content (AvgIpc) is 3.21. The molecule has 0 unspecified atom stereocenters. The van der Waals surface area contributed by atoms with Gasteiger partial charge in [0.05, 0.1) is 12.5 Å². The summed E-state index contributed by atoms with van der Waals surface area (Å²) in [5, 5.41) is 33.8. The molecule has 0 fully saturated rings. The van der Waals surface area contributed by atoms with E-state index in [1.54, 1.807) is 18.3 Å². The summed E-state index contributed by atoms with van der Waals surface area (Å²) in [6.07, 6.45) is 0.978. The summed E-state index contributed by atoms with van der Waals surface area (Å²) in [6.45, 7) is 0. The van der Waals surface area contributed by atoms with Gasteiger partial charge in [0.25, 0.3) is 0 Å². The Morgan fingerprint density at radius 3 is 2.20 bits per heavy atom. The van der Waals surface area contributed by atoms with E-state index in [0.717, 1.165) is 10.9 Å². The number of carboxylic acid groups (broad SMARTS) is 2. The number of hydrogen-bond donors (Lipinski definition) is 7. The van der Waals surface area contributed by atoms with E-state index in [2.05, 4.69) is 15.6 Å². The van der Waals surface area contributed by atoms with E-state index < -0.39 is 48.3 Å². The molecule has 1 aromatic heterocycles. The molecule has 2 amide bonds. The molecule has 184 valence electrons. The second-order valence-corrected chi connectivity index (χ2v) is 8.10. The van der Waals surface area contributed by atoms with Crippen LogP contribution in [0.3, 0.4) is 0 Å². The number of benzene rings is 2. The number of aromatic amines is 1. The zero-order chi connectivity index (χ0) is 25.5. The normalized spacial score (nSPS) is 13.5. The smallest absolute Gasteiger partial charge is 0.326 e. The number of aromatic nitrogens is 1. The fourth-order valence-electron chi connectivity index (χ4n) is 3.63. The number of nitrogens with two attached hydrogens (primary N) is 1. The molecule has 0 spiro atoms. The molecule has 11 nitrogen and oxygen atoms in total. The van der Waals surface area contributed by atoms with Gasteiger partial charge in [0.15, 0.2) is 0 Å². The fraction of sp³-hybridized carbons (Fsp3) is 0.250. The van der Waals surface area contributed by atoms with Gasteiger partial charge >= 0.3 is 11.9 Å². The summed E-state index contributed by atoms with van der Waals surface area (Å²) in [6, 6.07) is 9.28. The molecule has 0 aliphatic rings. The third-order valence-corrected chi connectivity index (χ3v) is 5.45. The third kappa shape index (κ3) is 6.81. The molecule has 0 aliphatic heterocycles. The summed E-state index contributed by atoms with van der Waals surface area (Å²) in [5.74, 6) is -4.18. The number of rotatable bonds is 11. The van der Waals surface area contributed by atoms with Gasteiger partial charge in [-0.2, -0.15) is 0 Å². The van der Waals surface area contributed by atoms with Crippen molar-refractivity contribution >= 4 is 34.7 Å². The van der Waals surface area contributed by atoms with Crippen LogP contribution in [0.2, 0.25) is 0 Å². The topological polar surface area (TPSA) is 195 Å². The summed E-state index contributed by atoms with van der Waals surface area (Å²) >= 11 is 0. The molecule has 3 atom stereocenters. The predicted molar refractivity (Wildman–Crippen MR) is 126 cm³/mol. The minimum absolute atomic E-state index is 0.00642. The van der Waals surface area contributed by atoms with E-state index in [0.29, 0.717) is 11.1 Å². The number of nitrogens with one attached hydrogen (secondary N) is 3. The van der Waals surface area contributed by atoms with Crippen molar-refractivity contribution < 1.29 is 34.5 Å². The molecular formula is C24H26N4O7.